The van der Waals surface area contributed by atoms with E-state index in [0.717, 1.165) is 0 Å². The zero-order chi connectivity index (χ0) is 13.1. The summed E-state index contributed by atoms with van der Waals surface area (Å²) in [7, 11) is 0. The highest BCUT2D eigenvalue weighted by molar-refractivity contribution is 6.33. The number of halogens is 1. The van der Waals surface area contributed by atoms with Crippen molar-refractivity contribution in [1.82, 2.24) is 4.98 Å². The first kappa shape index (κ1) is 12.6. The average molecular weight is 266 g/mol. The number of ether oxygens (including phenoxy) is 1. The zero-order valence-corrected chi connectivity index (χ0v) is 10.8. The molecule has 0 bridgehead atoms. The Morgan fingerprint density at radius 2 is 2.22 bits per heavy atom. The molecular weight excluding hydrogens is 254 g/mol. The van der Waals surface area contributed by atoms with Crippen LogP contribution < -0.4 is 4.74 Å². The predicted octanol–water partition coefficient (Wildman–Crippen LogP) is 3.35. The van der Waals surface area contributed by atoms with Crippen molar-refractivity contribution in [2.24, 2.45) is 0 Å². The van der Waals surface area contributed by atoms with E-state index in [0.29, 0.717) is 16.9 Å². The van der Waals surface area contributed by atoms with Crippen molar-refractivity contribution in [1.29, 1.82) is 0 Å². The summed E-state index contributed by atoms with van der Waals surface area (Å²) in [4.78, 5) is 16.1. The molecule has 2 rings (SSSR count). The molecule has 0 fully saturated rings. The molecule has 0 aliphatic heterocycles. The van der Waals surface area contributed by atoms with Gasteiger partial charge in [-0.2, -0.15) is 0 Å². The highest BCUT2D eigenvalue weighted by Crippen LogP contribution is 2.22. The summed E-state index contributed by atoms with van der Waals surface area (Å²) in [5.41, 5.74) is 0.733. The number of pyridine rings is 1. The van der Waals surface area contributed by atoms with Gasteiger partial charge in [-0.05, 0) is 37.6 Å². The van der Waals surface area contributed by atoms with Crippen LogP contribution in [0.3, 0.4) is 0 Å². The van der Waals surface area contributed by atoms with Gasteiger partial charge in [0, 0.05) is 11.8 Å². The molecule has 0 saturated heterocycles. The minimum Gasteiger partial charge on any atom is -0.489 e. The van der Waals surface area contributed by atoms with Crippen LogP contribution in [0.15, 0.2) is 35.2 Å². The van der Waals surface area contributed by atoms with Crippen molar-refractivity contribution in [2.45, 2.75) is 20.0 Å². The Bertz CT molecular complexity index is 563. The molecular formula is C13H12ClNO3. The van der Waals surface area contributed by atoms with Gasteiger partial charge in [0.2, 0.25) is 5.22 Å². The molecule has 2 heterocycles. The number of ketones is 1. The molecule has 0 aliphatic rings. The van der Waals surface area contributed by atoms with Gasteiger partial charge in [-0.1, -0.05) is 0 Å². The SMILES string of the molecule is CC(C)Oc1cncc(C(=O)c2ccoc2Cl)c1. The molecule has 2 aromatic heterocycles. The quantitative estimate of drug-likeness (QED) is 0.796. The highest BCUT2D eigenvalue weighted by Gasteiger charge is 2.16. The molecule has 0 aliphatic carbocycles. The fraction of sp³-hybridized carbons (Fsp3) is 0.231. The zero-order valence-electron chi connectivity index (χ0n) is 10.0. The van der Waals surface area contributed by atoms with Crippen molar-refractivity contribution in [3.63, 3.8) is 0 Å². The van der Waals surface area contributed by atoms with Gasteiger partial charge in [0.25, 0.3) is 0 Å². The van der Waals surface area contributed by atoms with Crippen LogP contribution in [-0.4, -0.2) is 16.9 Å². The Balaban J connectivity index is 2.29. The second-order valence-electron chi connectivity index (χ2n) is 4.01. The molecule has 4 nitrogen and oxygen atoms in total. The Morgan fingerprint density at radius 1 is 1.44 bits per heavy atom. The molecule has 0 unspecified atom stereocenters. The Kier molecular flexibility index (Phi) is 3.67. The van der Waals surface area contributed by atoms with E-state index in [9.17, 15) is 4.79 Å². The maximum atomic E-state index is 12.1. The van der Waals surface area contributed by atoms with E-state index < -0.39 is 0 Å². The number of furan rings is 1. The maximum absolute atomic E-state index is 12.1. The second-order valence-corrected chi connectivity index (χ2v) is 4.36. The summed E-state index contributed by atoms with van der Waals surface area (Å²) in [5, 5.41) is 0.0789. The molecule has 0 saturated carbocycles. The van der Waals surface area contributed by atoms with Crippen molar-refractivity contribution in [3.05, 3.63) is 47.1 Å². The van der Waals surface area contributed by atoms with Crippen LogP contribution in [0.5, 0.6) is 5.75 Å². The first-order valence-corrected chi connectivity index (χ1v) is 5.85. The molecule has 0 amide bonds. The summed E-state index contributed by atoms with van der Waals surface area (Å²) >= 11 is 5.77. The smallest absolute Gasteiger partial charge is 0.204 e. The fourth-order valence-electron chi connectivity index (χ4n) is 1.49. The summed E-state index contributed by atoms with van der Waals surface area (Å²) in [5.74, 6) is 0.311. The van der Waals surface area contributed by atoms with Crippen LogP contribution in [0.4, 0.5) is 0 Å². The third-order valence-electron chi connectivity index (χ3n) is 2.21. The van der Waals surface area contributed by atoms with Crippen LogP contribution in [0.1, 0.15) is 29.8 Å². The number of carbonyl (C=O) groups excluding carboxylic acids is 1. The van der Waals surface area contributed by atoms with Crippen LogP contribution >= 0.6 is 11.6 Å². The molecule has 0 spiro atoms. The lowest BCUT2D eigenvalue weighted by Crippen LogP contribution is -2.07. The summed E-state index contributed by atoms with van der Waals surface area (Å²) < 4.78 is 10.4. The van der Waals surface area contributed by atoms with E-state index in [-0.39, 0.29) is 17.1 Å². The molecule has 0 aromatic carbocycles. The van der Waals surface area contributed by atoms with E-state index in [1.54, 1.807) is 12.3 Å². The van der Waals surface area contributed by atoms with Gasteiger partial charge in [-0.3, -0.25) is 9.78 Å². The van der Waals surface area contributed by atoms with Gasteiger partial charge < -0.3 is 9.15 Å². The summed E-state index contributed by atoms with van der Waals surface area (Å²) in [6.45, 7) is 3.81. The molecule has 5 heteroatoms. The molecule has 94 valence electrons. The second kappa shape index (κ2) is 5.23. The fourth-order valence-corrected chi connectivity index (χ4v) is 1.69. The Labute approximate surface area is 110 Å². The number of aromatic nitrogens is 1. The van der Waals surface area contributed by atoms with E-state index in [1.807, 2.05) is 13.8 Å². The number of rotatable bonds is 4. The first-order valence-electron chi connectivity index (χ1n) is 5.47. The van der Waals surface area contributed by atoms with Gasteiger partial charge in [0.05, 0.1) is 24.1 Å². The lowest BCUT2D eigenvalue weighted by atomic mass is 10.1. The average Bonchev–Trinajstić information content (AvgIpc) is 2.74. The number of nitrogens with zero attached hydrogens (tertiary/aromatic N) is 1. The topological polar surface area (TPSA) is 52.3 Å². The lowest BCUT2D eigenvalue weighted by molar-refractivity contribution is 0.103. The lowest BCUT2D eigenvalue weighted by Gasteiger charge is -2.09. The van der Waals surface area contributed by atoms with E-state index >= 15 is 0 Å². The van der Waals surface area contributed by atoms with E-state index in [2.05, 4.69) is 4.98 Å². The molecule has 0 radical (unpaired) electrons. The van der Waals surface area contributed by atoms with Crippen LogP contribution in [0.2, 0.25) is 5.22 Å². The third kappa shape index (κ3) is 2.71. The Hall–Kier alpha value is -1.81. The molecule has 2 aromatic rings. The first-order chi connectivity index (χ1) is 8.58. The standard InChI is InChI=1S/C13H12ClNO3/c1-8(2)18-10-5-9(6-15-7-10)12(16)11-3-4-17-13(11)14/h3-8H,1-2H3. The monoisotopic (exact) mass is 265 g/mol. The van der Waals surface area contributed by atoms with Crippen molar-refractivity contribution in [2.75, 3.05) is 0 Å². The van der Waals surface area contributed by atoms with Gasteiger partial charge in [0.15, 0.2) is 5.78 Å². The Morgan fingerprint density at radius 3 is 2.83 bits per heavy atom. The number of carbonyl (C=O) groups is 1. The van der Waals surface area contributed by atoms with Gasteiger partial charge in [-0.25, -0.2) is 0 Å². The normalized spacial score (nSPS) is 10.7. The predicted molar refractivity (Wildman–Crippen MR) is 67.2 cm³/mol. The maximum Gasteiger partial charge on any atom is 0.204 e. The number of hydrogen-bond acceptors (Lipinski definition) is 4. The van der Waals surface area contributed by atoms with Crippen LogP contribution in [0.25, 0.3) is 0 Å². The minimum absolute atomic E-state index is 0.0228. The number of hydrogen-bond donors (Lipinski definition) is 0. The highest BCUT2D eigenvalue weighted by atomic mass is 35.5. The van der Waals surface area contributed by atoms with Crippen molar-refractivity contribution in [3.8, 4) is 5.75 Å². The van der Waals surface area contributed by atoms with Gasteiger partial charge in [0.1, 0.15) is 5.75 Å². The van der Waals surface area contributed by atoms with E-state index in [4.69, 9.17) is 20.8 Å². The van der Waals surface area contributed by atoms with Crippen molar-refractivity contribution < 1.29 is 13.9 Å². The van der Waals surface area contributed by atoms with Crippen molar-refractivity contribution >= 4 is 17.4 Å². The summed E-state index contributed by atoms with van der Waals surface area (Å²) in [6, 6.07) is 3.17. The molecule has 18 heavy (non-hydrogen) atoms. The molecule has 0 atom stereocenters. The summed E-state index contributed by atoms with van der Waals surface area (Å²) in [6.07, 6.45) is 4.43. The largest absolute Gasteiger partial charge is 0.489 e. The molecule has 0 N–H and O–H groups in total. The van der Waals surface area contributed by atoms with Crippen LogP contribution in [0, 0.1) is 0 Å². The van der Waals surface area contributed by atoms with Gasteiger partial charge >= 0.3 is 0 Å². The third-order valence-corrected chi connectivity index (χ3v) is 2.50. The van der Waals surface area contributed by atoms with Gasteiger partial charge in [-0.15, -0.1) is 0 Å². The van der Waals surface area contributed by atoms with Crippen LogP contribution in [-0.2, 0) is 0 Å². The minimum atomic E-state index is -0.240. The van der Waals surface area contributed by atoms with E-state index in [1.165, 1.54) is 18.5 Å².